The minimum absolute atomic E-state index is 0.0349. The van der Waals surface area contributed by atoms with Gasteiger partial charge in [0.2, 0.25) is 5.82 Å². The normalized spacial score (nSPS) is 17.6. The fourth-order valence-corrected chi connectivity index (χ4v) is 3.89. The first-order valence-electron chi connectivity index (χ1n) is 8.92. The molecule has 144 valence electrons. The largest absolute Gasteiger partial charge is 0.351 e. The minimum atomic E-state index is -0.447. The van der Waals surface area contributed by atoms with E-state index in [1.807, 2.05) is 30.2 Å². The number of hydrogen-bond acceptors (Lipinski definition) is 8. The highest BCUT2D eigenvalue weighted by Crippen LogP contribution is 2.35. The van der Waals surface area contributed by atoms with Crippen LogP contribution in [0.1, 0.15) is 29.2 Å². The third-order valence-corrected chi connectivity index (χ3v) is 5.59. The van der Waals surface area contributed by atoms with Gasteiger partial charge in [0.05, 0.1) is 9.93 Å². The topological polar surface area (TPSA) is 93.4 Å². The van der Waals surface area contributed by atoms with Crippen molar-refractivity contribution in [2.45, 2.75) is 32.3 Å². The Bertz CT molecular complexity index is 1010. The Labute approximate surface area is 166 Å². The molecule has 4 rings (SSSR count). The summed E-state index contributed by atoms with van der Waals surface area (Å²) in [7, 11) is 0. The van der Waals surface area contributed by atoms with Crippen LogP contribution in [0.15, 0.2) is 29.3 Å². The standard InChI is InChI=1S/C19H19N5O3S/c1-13-3-6-17(24(25)26)18(20-13)23-9-7-19(8-10-23)11-15(22-27-19)4-5-16-12-28-14(2)21-16/h3,6,11-12,22H,7-10H2,1-2H3. The molecule has 0 amide bonds. The number of pyridine rings is 1. The molecule has 0 aliphatic carbocycles. The van der Waals surface area contributed by atoms with E-state index < -0.39 is 5.60 Å². The molecular weight excluding hydrogens is 378 g/mol. The number of hydroxylamine groups is 1. The Morgan fingerprint density at radius 2 is 2.07 bits per heavy atom. The van der Waals surface area contributed by atoms with E-state index in [-0.39, 0.29) is 10.6 Å². The molecule has 0 atom stereocenters. The van der Waals surface area contributed by atoms with Gasteiger partial charge in [0.15, 0.2) is 0 Å². The molecule has 8 nitrogen and oxygen atoms in total. The van der Waals surface area contributed by atoms with Crippen LogP contribution in [-0.4, -0.2) is 33.6 Å². The second-order valence-electron chi connectivity index (χ2n) is 6.87. The van der Waals surface area contributed by atoms with Crippen LogP contribution in [0.4, 0.5) is 11.5 Å². The molecule has 2 aliphatic rings. The maximum Gasteiger partial charge on any atom is 0.311 e. The maximum atomic E-state index is 11.3. The molecule has 1 fully saturated rings. The molecule has 0 radical (unpaired) electrons. The molecule has 9 heteroatoms. The zero-order valence-electron chi connectivity index (χ0n) is 15.6. The van der Waals surface area contributed by atoms with Crippen LogP contribution in [0.3, 0.4) is 0 Å². The minimum Gasteiger partial charge on any atom is -0.351 e. The average Bonchev–Trinajstić information content (AvgIpc) is 3.27. The summed E-state index contributed by atoms with van der Waals surface area (Å²) >= 11 is 1.57. The Kier molecular flexibility index (Phi) is 4.75. The third kappa shape index (κ3) is 3.69. The molecule has 4 heterocycles. The predicted molar refractivity (Wildman–Crippen MR) is 106 cm³/mol. The van der Waals surface area contributed by atoms with Gasteiger partial charge in [-0.1, -0.05) is 0 Å². The number of nitrogens with zero attached hydrogens (tertiary/aromatic N) is 4. The van der Waals surface area contributed by atoms with Gasteiger partial charge >= 0.3 is 5.69 Å². The van der Waals surface area contributed by atoms with Gasteiger partial charge in [-0.25, -0.2) is 9.97 Å². The monoisotopic (exact) mass is 397 g/mol. The summed E-state index contributed by atoms with van der Waals surface area (Å²) in [5, 5.41) is 14.2. The number of aromatic nitrogens is 2. The Balaban J connectivity index is 1.47. The van der Waals surface area contributed by atoms with Crippen molar-refractivity contribution in [3.8, 4) is 11.8 Å². The number of piperidine rings is 1. The summed E-state index contributed by atoms with van der Waals surface area (Å²) in [6, 6.07) is 3.18. The van der Waals surface area contributed by atoms with Crippen LogP contribution < -0.4 is 10.4 Å². The number of rotatable bonds is 2. The zero-order chi connectivity index (χ0) is 19.7. The van der Waals surface area contributed by atoms with Gasteiger partial charge in [-0.3, -0.25) is 20.4 Å². The number of nitro groups is 1. The van der Waals surface area contributed by atoms with Crippen molar-refractivity contribution in [2.24, 2.45) is 0 Å². The Morgan fingerprint density at radius 3 is 2.75 bits per heavy atom. The lowest BCUT2D eigenvalue weighted by molar-refractivity contribution is -0.384. The van der Waals surface area contributed by atoms with E-state index in [0.29, 0.717) is 31.7 Å². The second-order valence-corrected chi connectivity index (χ2v) is 7.93. The molecule has 2 aromatic heterocycles. The van der Waals surface area contributed by atoms with E-state index in [1.165, 1.54) is 6.07 Å². The van der Waals surface area contributed by atoms with Gasteiger partial charge < -0.3 is 4.90 Å². The van der Waals surface area contributed by atoms with Crippen LogP contribution in [0.5, 0.6) is 0 Å². The van der Waals surface area contributed by atoms with Crippen molar-refractivity contribution < 1.29 is 9.76 Å². The quantitative estimate of drug-likeness (QED) is 0.473. The first kappa shape index (κ1) is 18.4. The molecule has 1 spiro atoms. The van der Waals surface area contributed by atoms with Gasteiger partial charge in [0, 0.05) is 43.1 Å². The highest BCUT2D eigenvalue weighted by molar-refractivity contribution is 7.09. The van der Waals surface area contributed by atoms with E-state index in [2.05, 4.69) is 27.3 Å². The van der Waals surface area contributed by atoms with Crippen LogP contribution in [0.2, 0.25) is 0 Å². The number of anilines is 1. The van der Waals surface area contributed by atoms with Gasteiger partial charge in [-0.05, 0) is 37.8 Å². The highest BCUT2D eigenvalue weighted by atomic mass is 32.1. The first-order chi connectivity index (χ1) is 13.4. The molecule has 2 aliphatic heterocycles. The predicted octanol–water partition coefficient (Wildman–Crippen LogP) is 2.87. The fraction of sp³-hybridized carbons (Fsp3) is 0.368. The molecule has 1 N–H and O–H groups in total. The molecule has 1 saturated heterocycles. The molecule has 0 aromatic carbocycles. The van der Waals surface area contributed by atoms with Gasteiger partial charge in [0.25, 0.3) is 0 Å². The first-order valence-corrected chi connectivity index (χ1v) is 9.80. The van der Waals surface area contributed by atoms with E-state index in [1.54, 1.807) is 17.4 Å². The van der Waals surface area contributed by atoms with Gasteiger partial charge in [0.1, 0.15) is 17.0 Å². The summed E-state index contributed by atoms with van der Waals surface area (Å²) in [4.78, 5) is 27.5. The average molecular weight is 397 g/mol. The number of allylic oxidation sites excluding steroid dienone is 1. The summed E-state index contributed by atoms with van der Waals surface area (Å²) in [6.45, 7) is 5.01. The Hall–Kier alpha value is -2.96. The van der Waals surface area contributed by atoms with Crippen molar-refractivity contribution in [3.05, 3.63) is 55.8 Å². The summed E-state index contributed by atoms with van der Waals surface area (Å²) in [5.41, 5.74) is 4.72. The van der Waals surface area contributed by atoms with Crippen LogP contribution >= 0.6 is 11.3 Å². The highest BCUT2D eigenvalue weighted by Gasteiger charge is 2.39. The molecular formula is C19H19N5O3S. The van der Waals surface area contributed by atoms with Crippen molar-refractivity contribution in [2.75, 3.05) is 18.0 Å². The summed E-state index contributed by atoms with van der Waals surface area (Å²) < 4.78 is 0. The maximum absolute atomic E-state index is 11.3. The van der Waals surface area contributed by atoms with Gasteiger partial charge in [-0.2, -0.15) is 0 Å². The lowest BCUT2D eigenvalue weighted by Gasteiger charge is -2.36. The number of nitrogens with one attached hydrogen (secondary N) is 1. The Morgan fingerprint density at radius 1 is 1.29 bits per heavy atom. The summed E-state index contributed by atoms with van der Waals surface area (Å²) in [6.07, 6.45) is 3.39. The number of thiazole rings is 1. The van der Waals surface area contributed by atoms with Gasteiger partial charge in [-0.15, -0.1) is 11.3 Å². The second kappa shape index (κ2) is 7.22. The molecule has 0 unspecified atom stereocenters. The van der Waals surface area contributed by atoms with Crippen LogP contribution in [-0.2, 0) is 4.84 Å². The molecule has 2 aromatic rings. The van der Waals surface area contributed by atoms with Crippen molar-refractivity contribution in [3.63, 3.8) is 0 Å². The lowest BCUT2D eigenvalue weighted by atomic mass is 9.91. The zero-order valence-corrected chi connectivity index (χ0v) is 16.4. The molecule has 28 heavy (non-hydrogen) atoms. The SMILES string of the molecule is Cc1ccc([N+](=O)[O-])c(N2CCC3(C=C(C#Cc4csc(C)n4)NO3)CC2)n1. The van der Waals surface area contributed by atoms with Crippen LogP contribution in [0, 0.1) is 35.8 Å². The number of aryl methyl sites for hydroxylation is 2. The van der Waals surface area contributed by atoms with E-state index in [4.69, 9.17) is 4.84 Å². The smallest absolute Gasteiger partial charge is 0.311 e. The molecule has 0 bridgehead atoms. The van der Waals surface area contributed by atoms with Crippen LogP contribution in [0.25, 0.3) is 0 Å². The van der Waals surface area contributed by atoms with E-state index in [9.17, 15) is 10.1 Å². The van der Waals surface area contributed by atoms with Crippen molar-refractivity contribution >= 4 is 22.8 Å². The van der Waals surface area contributed by atoms with Crippen molar-refractivity contribution in [1.29, 1.82) is 0 Å². The lowest BCUT2D eigenvalue weighted by Crippen LogP contribution is -2.45. The fourth-order valence-electron chi connectivity index (χ4n) is 3.35. The summed E-state index contributed by atoms with van der Waals surface area (Å²) in [5.74, 6) is 6.52. The van der Waals surface area contributed by atoms with E-state index >= 15 is 0 Å². The number of hydrogen-bond donors (Lipinski definition) is 1. The van der Waals surface area contributed by atoms with Crippen molar-refractivity contribution in [1.82, 2.24) is 15.4 Å². The van der Waals surface area contributed by atoms with E-state index in [0.717, 1.165) is 22.1 Å². The third-order valence-electron chi connectivity index (χ3n) is 4.82. The molecule has 0 saturated carbocycles.